The normalized spacial score (nSPS) is 13.5. The third-order valence-corrected chi connectivity index (χ3v) is 9.40. The monoisotopic (exact) mass is 586 g/mol. The van der Waals surface area contributed by atoms with E-state index in [4.69, 9.17) is 9.47 Å². The lowest BCUT2D eigenvalue weighted by molar-refractivity contribution is 0.0406. The van der Waals surface area contributed by atoms with Crippen LogP contribution in [0.1, 0.15) is 182 Å². The molecule has 0 fully saturated rings. The molecule has 0 saturated heterocycles. The highest BCUT2D eigenvalue weighted by Gasteiger charge is 2.33. The molecule has 3 unspecified atom stereocenters. The third kappa shape index (κ3) is 11.3. The highest BCUT2D eigenvalue weighted by molar-refractivity contribution is 6.06. The maximum atomic E-state index is 14.3. The number of carbonyl (C=O) groups excluding carboxylic acids is 2. The smallest absolute Gasteiger partial charge is 0.339 e. The number of unbranched alkanes of at least 4 members (excludes halogenated alkanes) is 3. The van der Waals surface area contributed by atoms with Crippen LogP contribution in [0.15, 0.2) is 0 Å². The van der Waals surface area contributed by atoms with E-state index in [0.29, 0.717) is 41.9 Å². The molecule has 0 heterocycles. The van der Waals surface area contributed by atoms with Crippen molar-refractivity contribution in [1.82, 2.24) is 0 Å². The maximum Gasteiger partial charge on any atom is 0.339 e. The van der Waals surface area contributed by atoms with Crippen LogP contribution in [0.3, 0.4) is 0 Å². The summed E-state index contributed by atoms with van der Waals surface area (Å²) in [5, 5.41) is 0. The van der Waals surface area contributed by atoms with Crippen molar-refractivity contribution < 1.29 is 19.1 Å². The van der Waals surface area contributed by atoms with E-state index in [0.717, 1.165) is 81.8 Å². The second-order valence-electron chi connectivity index (χ2n) is 12.3. The van der Waals surface area contributed by atoms with E-state index >= 15 is 0 Å². The molecule has 0 spiro atoms. The Morgan fingerprint density at radius 2 is 0.952 bits per heavy atom. The first-order valence-electron chi connectivity index (χ1n) is 17.8. The minimum atomic E-state index is -0.374. The molecule has 0 amide bonds. The van der Waals surface area contributed by atoms with Crippen LogP contribution in [0.2, 0.25) is 0 Å². The number of ether oxygens (including phenoxy) is 2. The van der Waals surface area contributed by atoms with E-state index in [1.165, 1.54) is 36.8 Å². The van der Waals surface area contributed by atoms with Gasteiger partial charge in [-0.3, -0.25) is 0 Å². The van der Waals surface area contributed by atoms with Crippen LogP contribution >= 0.6 is 0 Å². The van der Waals surface area contributed by atoms with Crippen LogP contribution in [0.5, 0.6) is 0 Å². The zero-order valence-electron chi connectivity index (χ0n) is 29.1. The molecule has 0 aromatic heterocycles. The summed E-state index contributed by atoms with van der Waals surface area (Å²) in [4.78, 5) is 28.0. The Labute approximate surface area is 260 Å². The molecule has 242 valence electrons. The van der Waals surface area contributed by atoms with Gasteiger partial charge in [0.25, 0.3) is 0 Å². The van der Waals surface area contributed by atoms with Crippen LogP contribution in [0, 0.1) is 17.8 Å². The Morgan fingerprint density at radius 1 is 0.524 bits per heavy atom. The molecule has 0 bridgehead atoms. The van der Waals surface area contributed by atoms with Gasteiger partial charge in [0.15, 0.2) is 0 Å². The van der Waals surface area contributed by atoms with Gasteiger partial charge in [0.2, 0.25) is 0 Å². The summed E-state index contributed by atoms with van der Waals surface area (Å²) in [6.45, 7) is 20.3. The Morgan fingerprint density at radius 3 is 1.38 bits per heavy atom. The Hall–Kier alpha value is -1.84. The summed E-state index contributed by atoms with van der Waals surface area (Å²) in [5.74, 6) is 0.668. The van der Waals surface area contributed by atoms with Gasteiger partial charge in [-0.25, -0.2) is 9.59 Å². The Bertz CT molecular complexity index is 918. The second kappa shape index (κ2) is 21.8. The summed E-state index contributed by atoms with van der Waals surface area (Å²) in [5.41, 5.74) is 5.66. The number of benzene rings is 1. The molecule has 0 saturated carbocycles. The predicted octanol–water partition coefficient (Wildman–Crippen LogP) is 10.9. The van der Waals surface area contributed by atoms with Crippen LogP contribution < -0.4 is 0 Å². The number of rotatable bonds is 23. The predicted molar refractivity (Wildman–Crippen MR) is 179 cm³/mol. The number of hydrogen-bond acceptors (Lipinski definition) is 4. The zero-order chi connectivity index (χ0) is 31.5. The van der Waals surface area contributed by atoms with E-state index < -0.39 is 0 Å². The van der Waals surface area contributed by atoms with Gasteiger partial charge in [-0.05, 0) is 79.0 Å². The molecule has 0 N–H and O–H groups in total. The van der Waals surface area contributed by atoms with Crippen molar-refractivity contribution in [3.63, 3.8) is 0 Å². The molecule has 4 heteroatoms. The van der Waals surface area contributed by atoms with Gasteiger partial charge >= 0.3 is 11.9 Å². The molecular formula is C38H66O4. The Balaban J connectivity index is 4.00. The van der Waals surface area contributed by atoms with Crippen molar-refractivity contribution >= 4 is 11.9 Å². The summed E-state index contributed by atoms with van der Waals surface area (Å²) in [6.07, 6.45) is 16.9. The van der Waals surface area contributed by atoms with Gasteiger partial charge in [0.1, 0.15) is 0 Å². The quantitative estimate of drug-likeness (QED) is 0.120. The average molecular weight is 587 g/mol. The molecule has 1 aromatic rings. The van der Waals surface area contributed by atoms with Gasteiger partial charge in [-0.2, -0.15) is 0 Å². The lowest BCUT2D eigenvalue weighted by atomic mass is 9.76. The lowest BCUT2D eigenvalue weighted by Crippen LogP contribution is -2.25. The molecule has 0 aliphatic heterocycles. The van der Waals surface area contributed by atoms with E-state index in [1.807, 2.05) is 6.92 Å². The van der Waals surface area contributed by atoms with Crippen LogP contribution in [0.4, 0.5) is 0 Å². The van der Waals surface area contributed by atoms with Crippen LogP contribution in [-0.4, -0.2) is 25.2 Å². The standard InChI is InChI=1S/C38H66O4/c1-10-19-22-28(13-4)25-33-31(16-7)32(17-8)35(37(39)41-18-9)36(34(33)26-29(14-5)23-20-11-2)38(40)42-27-30(15-6)24-21-12-3/h28-30H,10-27H2,1-9H3. The number of hydrogen-bond donors (Lipinski definition) is 0. The molecule has 1 aromatic carbocycles. The van der Waals surface area contributed by atoms with Crippen molar-refractivity contribution in [2.45, 2.75) is 165 Å². The first kappa shape index (κ1) is 38.2. The molecule has 42 heavy (non-hydrogen) atoms. The first-order chi connectivity index (χ1) is 20.3. The number of esters is 2. The van der Waals surface area contributed by atoms with E-state index in [1.54, 1.807) is 0 Å². The van der Waals surface area contributed by atoms with Crippen molar-refractivity contribution in [2.75, 3.05) is 13.2 Å². The highest BCUT2D eigenvalue weighted by atomic mass is 16.5. The minimum absolute atomic E-state index is 0.285. The average Bonchev–Trinajstić information content (AvgIpc) is 3.00. The third-order valence-electron chi connectivity index (χ3n) is 9.40. The second-order valence-corrected chi connectivity index (χ2v) is 12.3. The van der Waals surface area contributed by atoms with E-state index in [9.17, 15) is 9.59 Å². The highest BCUT2D eigenvalue weighted by Crippen LogP contribution is 2.37. The minimum Gasteiger partial charge on any atom is -0.462 e. The summed E-state index contributed by atoms with van der Waals surface area (Å²) >= 11 is 0. The van der Waals surface area contributed by atoms with Crippen molar-refractivity contribution in [1.29, 1.82) is 0 Å². The van der Waals surface area contributed by atoms with Crippen molar-refractivity contribution in [3.05, 3.63) is 33.4 Å². The van der Waals surface area contributed by atoms with Gasteiger partial charge in [0, 0.05) is 0 Å². The van der Waals surface area contributed by atoms with Gasteiger partial charge in [0.05, 0.1) is 24.3 Å². The van der Waals surface area contributed by atoms with Crippen LogP contribution in [0.25, 0.3) is 0 Å². The fourth-order valence-corrected chi connectivity index (χ4v) is 6.54. The molecule has 0 aliphatic rings. The molecule has 1 rings (SSSR count). The first-order valence-corrected chi connectivity index (χ1v) is 17.8. The van der Waals surface area contributed by atoms with Gasteiger partial charge in [-0.15, -0.1) is 0 Å². The lowest BCUT2D eigenvalue weighted by Gasteiger charge is -2.29. The van der Waals surface area contributed by atoms with Crippen molar-refractivity contribution in [3.8, 4) is 0 Å². The topological polar surface area (TPSA) is 52.6 Å². The summed E-state index contributed by atoms with van der Waals surface area (Å²) in [7, 11) is 0. The zero-order valence-corrected chi connectivity index (χ0v) is 29.1. The van der Waals surface area contributed by atoms with Gasteiger partial charge in [-0.1, -0.05) is 126 Å². The Kier molecular flexibility index (Phi) is 19.8. The molecule has 4 nitrogen and oxygen atoms in total. The van der Waals surface area contributed by atoms with Crippen molar-refractivity contribution in [2.24, 2.45) is 17.8 Å². The number of carbonyl (C=O) groups is 2. The molecule has 0 radical (unpaired) electrons. The molecule has 0 aliphatic carbocycles. The van der Waals surface area contributed by atoms with Crippen LogP contribution in [-0.2, 0) is 35.2 Å². The molecule has 3 atom stereocenters. The fourth-order valence-electron chi connectivity index (χ4n) is 6.54. The maximum absolute atomic E-state index is 14.3. The largest absolute Gasteiger partial charge is 0.462 e. The van der Waals surface area contributed by atoms with E-state index in [-0.39, 0.29) is 18.5 Å². The fraction of sp³-hybridized carbons (Fsp3) is 0.789. The summed E-state index contributed by atoms with van der Waals surface area (Å²) < 4.78 is 11.8. The summed E-state index contributed by atoms with van der Waals surface area (Å²) in [6, 6.07) is 0. The molecular weight excluding hydrogens is 520 g/mol. The SMILES string of the molecule is CCCCC(CC)COC(=O)c1c(CC(CC)CCCC)c(CC(CC)CCCC)c(CC)c(CC)c1C(=O)OCC. The van der Waals surface area contributed by atoms with E-state index in [2.05, 4.69) is 55.4 Å². The van der Waals surface area contributed by atoms with Gasteiger partial charge < -0.3 is 9.47 Å².